The molecule has 0 fully saturated rings. The van der Waals surface area contributed by atoms with Crippen molar-refractivity contribution in [3.05, 3.63) is 86.6 Å². The normalized spacial score (nSPS) is 10.7. The van der Waals surface area contributed by atoms with E-state index in [1.807, 2.05) is 44.2 Å². The topological polar surface area (TPSA) is 78.0 Å². The molecule has 6 nitrogen and oxygen atoms in total. The van der Waals surface area contributed by atoms with Gasteiger partial charge in [0.2, 0.25) is 0 Å². The minimum atomic E-state index is 0. The maximum Gasteiger partial charge on any atom is 4.00 e. The Kier molecular flexibility index (Phi) is 26.3. The van der Waals surface area contributed by atoms with Gasteiger partial charge in [-0.05, 0) is 42.0 Å². The van der Waals surface area contributed by atoms with E-state index in [0.29, 0.717) is 11.8 Å². The van der Waals surface area contributed by atoms with Crippen molar-refractivity contribution in [2.45, 2.75) is 53.4 Å². The summed E-state index contributed by atoms with van der Waals surface area (Å²) < 4.78 is 5.19. The Morgan fingerprint density at radius 2 is 1.16 bits per heavy atom. The molecule has 0 amide bonds. The number of aliphatic imine (C=N–C) groups is 1. The average molecular weight is 674 g/mol. The number of rotatable bonds is 7. The number of methoxy groups -OCH3 is 1. The van der Waals surface area contributed by atoms with E-state index in [1.165, 1.54) is 11.1 Å². The monoisotopic (exact) mass is 675 g/mol. The molecular weight excluding hydrogens is 625 g/mol. The number of nitrogens with zero attached hydrogens (tertiary/aromatic N) is 5. The molecule has 0 heterocycles. The molecule has 0 atom stereocenters. The number of benzene rings is 2. The van der Waals surface area contributed by atoms with Gasteiger partial charge in [0.05, 0.1) is 12.8 Å². The molecule has 0 N–H and O–H groups in total. The first kappa shape index (κ1) is 39.7. The Balaban J connectivity index is -0.00000101. The summed E-state index contributed by atoms with van der Waals surface area (Å²) in [6.45, 7) is 12.9. The molecule has 0 saturated carbocycles. The standard InChI is InChI=1S/C24H31N2O.3C2H6N.Hf/c1-16(2)22-9-8-10-23(17(3)4)24(22)26-19(6)15-18(5)25-20-11-13-21(27-7)14-12-20;3*1-3-2;/h8-17H,1-7H3;3*1-2H3;/q4*-1;+4/b18-15-,26-19?;;;;. The Hall–Kier alpha value is -1.80. The van der Waals surface area contributed by atoms with Crippen LogP contribution in [0.15, 0.2) is 59.2 Å². The summed E-state index contributed by atoms with van der Waals surface area (Å²) in [4.78, 5) is 4.97. The van der Waals surface area contributed by atoms with Gasteiger partial charge in [0.15, 0.2) is 0 Å². The van der Waals surface area contributed by atoms with Crippen molar-refractivity contribution in [2.75, 3.05) is 49.4 Å². The minimum Gasteiger partial charge on any atom is -0.668 e. The van der Waals surface area contributed by atoms with Gasteiger partial charge in [-0.3, -0.25) is 4.99 Å². The summed E-state index contributed by atoms with van der Waals surface area (Å²) in [6, 6.07) is 14.2. The molecule has 0 aliphatic heterocycles. The molecule has 2 rings (SSSR count). The molecular formula is C30H49HfN5O. The summed E-state index contributed by atoms with van der Waals surface area (Å²) in [5, 5.41) is 15.2. The first-order valence-corrected chi connectivity index (χ1v) is 12.2. The van der Waals surface area contributed by atoms with Crippen LogP contribution in [0.4, 0.5) is 11.4 Å². The Labute approximate surface area is 247 Å². The fourth-order valence-corrected chi connectivity index (χ4v) is 3.04. The van der Waals surface area contributed by atoms with Crippen molar-refractivity contribution in [1.29, 1.82) is 0 Å². The summed E-state index contributed by atoms with van der Waals surface area (Å²) in [7, 11) is 12.2. The van der Waals surface area contributed by atoms with Crippen LogP contribution in [0.2, 0.25) is 0 Å². The molecule has 0 unspecified atom stereocenters. The maximum atomic E-state index is 5.19. The second kappa shape index (κ2) is 24.5. The van der Waals surface area contributed by atoms with Crippen LogP contribution >= 0.6 is 0 Å². The van der Waals surface area contributed by atoms with Gasteiger partial charge < -0.3 is 26.0 Å². The van der Waals surface area contributed by atoms with Crippen LogP contribution < -0.4 is 4.74 Å². The quantitative estimate of drug-likeness (QED) is 0.213. The summed E-state index contributed by atoms with van der Waals surface area (Å²) in [5.74, 6) is 1.70. The summed E-state index contributed by atoms with van der Waals surface area (Å²) in [6.07, 6.45) is 2.03. The molecule has 37 heavy (non-hydrogen) atoms. The van der Waals surface area contributed by atoms with Crippen molar-refractivity contribution in [3.63, 3.8) is 0 Å². The molecule has 0 spiro atoms. The molecule has 2 aromatic rings. The van der Waals surface area contributed by atoms with E-state index in [4.69, 9.17) is 9.73 Å². The molecule has 0 bridgehead atoms. The van der Waals surface area contributed by atoms with Crippen molar-refractivity contribution < 1.29 is 30.6 Å². The zero-order chi connectivity index (χ0) is 28.1. The maximum absolute atomic E-state index is 5.19. The van der Waals surface area contributed by atoms with Gasteiger partial charge in [0.25, 0.3) is 0 Å². The summed E-state index contributed by atoms with van der Waals surface area (Å²) >= 11 is 0. The van der Waals surface area contributed by atoms with Gasteiger partial charge in [-0.15, -0.1) is 5.69 Å². The molecule has 0 saturated heterocycles. The van der Waals surface area contributed by atoms with Gasteiger partial charge in [-0.2, -0.15) is 48.0 Å². The van der Waals surface area contributed by atoms with Crippen LogP contribution in [0.5, 0.6) is 5.75 Å². The number of hydrogen-bond acceptors (Lipinski definition) is 2. The third-order valence-electron chi connectivity index (χ3n) is 4.43. The van der Waals surface area contributed by atoms with Crippen LogP contribution in [-0.2, 0) is 25.8 Å². The zero-order valence-electron chi connectivity index (χ0n) is 25.4. The minimum absolute atomic E-state index is 0. The van der Waals surface area contributed by atoms with Gasteiger partial charge in [0, 0.05) is 5.71 Å². The first-order valence-electron chi connectivity index (χ1n) is 12.2. The van der Waals surface area contributed by atoms with Crippen molar-refractivity contribution in [3.8, 4) is 5.75 Å². The van der Waals surface area contributed by atoms with Gasteiger partial charge >= 0.3 is 25.8 Å². The molecule has 204 valence electrons. The number of ether oxygens (including phenoxy) is 1. The largest absolute Gasteiger partial charge is 4.00 e. The van der Waals surface area contributed by atoms with Crippen LogP contribution in [-0.4, -0.2) is 55.1 Å². The summed E-state index contributed by atoms with van der Waals surface area (Å²) in [5.41, 5.74) is 6.47. The fraction of sp³-hybridized carbons (Fsp3) is 0.500. The molecule has 0 aromatic heterocycles. The molecule has 0 radical (unpaired) electrons. The van der Waals surface area contributed by atoms with Crippen molar-refractivity contribution in [1.82, 2.24) is 0 Å². The second-order valence-electron chi connectivity index (χ2n) is 8.78. The molecule has 2 aromatic carbocycles. The van der Waals surface area contributed by atoms with Crippen molar-refractivity contribution >= 4 is 17.1 Å². The average Bonchev–Trinajstić information content (AvgIpc) is 2.80. The molecule has 0 aliphatic rings. The number of hydrogen-bond donors (Lipinski definition) is 0. The molecule has 0 aliphatic carbocycles. The van der Waals surface area contributed by atoms with Crippen molar-refractivity contribution in [2.24, 2.45) is 4.99 Å². The van der Waals surface area contributed by atoms with E-state index < -0.39 is 0 Å². The third kappa shape index (κ3) is 18.2. The number of para-hydroxylation sites is 1. The predicted octanol–water partition coefficient (Wildman–Crippen LogP) is 9.50. The first-order chi connectivity index (χ1) is 17.1. The smallest absolute Gasteiger partial charge is 0.668 e. The van der Waals surface area contributed by atoms with Gasteiger partial charge in [0.1, 0.15) is 5.75 Å². The van der Waals surface area contributed by atoms with E-state index in [9.17, 15) is 0 Å². The van der Waals surface area contributed by atoms with Crippen LogP contribution in [0.1, 0.15) is 64.5 Å². The fourth-order valence-electron chi connectivity index (χ4n) is 3.04. The van der Waals surface area contributed by atoms with Crippen LogP contribution in [0.3, 0.4) is 0 Å². The van der Waals surface area contributed by atoms with E-state index >= 15 is 0 Å². The third-order valence-corrected chi connectivity index (χ3v) is 4.43. The predicted molar refractivity (Wildman–Crippen MR) is 163 cm³/mol. The van der Waals surface area contributed by atoms with E-state index in [1.54, 1.807) is 49.4 Å². The zero-order valence-corrected chi connectivity index (χ0v) is 29.0. The van der Waals surface area contributed by atoms with Crippen LogP contribution in [0, 0.1) is 0 Å². The Bertz CT molecular complexity index is 847. The SMILES string of the molecule is COc1ccc([N-]/C(C)=C\C(C)=Nc2c(C(C)C)cccc2C(C)C)cc1.C[N-]C.C[N-]C.C[N-]C.[Hf+4]. The van der Waals surface area contributed by atoms with Gasteiger partial charge in [-0.1, -0.05) is 71.0 Å². The van der Waals surface area contributed by atoms with E-state index in [-0.39, 0.29) is 25.8 Å². The Morgan fingerprint density at radius 1 is 0.757 bits per heavy atom. The van der Waals surface area contributed by atoms with E-state index in [2.05, 4.69) is 67.2 Å². The van der Waals surface area contributed by atoms with Gasteiger partial charge in [-0.25, -0.2) is 0 Å². The van der Waals surface area contributed by atoms with Crippen LogP contribution in [0.25, 0.3) is 21.3 Å². The molecule has 7 heteroatoms. The second-order valence-corrected chi connectivity index (χ2v) is 8.78. The van der Waals surface area contributed by atoms with E-state index in [0.717, 1.165) is 28.5 Å². The number of allylic oxidation sites excluding steroid dienone is 2. The Morgan fingerprint density at radius 3 is 1.51 bits per heavy atom.